The molecule has 136 valence electrons. The van der Waals surface area contributed by atoms with Crippen molar-refractivity contribution in [1.29, 1.82) is 0 Å². The lowest BCUT2D eigenvalue weighted by atomic mass is 10.2. The fraction of sp³-hybridized carbons (Fsp3) is 0.471. The predicted octanol–water partition coefficient (Wildman–Crippen LogP) is 1.95. The van der Waals surface area contributed by atoms with Crippen LogP contribution in [0.1, 0.15) is 20.8 Å². The predicted molar refractivity (Wildman–Crippen MR) is 91.1 cm³/mol. The van der Waals surface area contributed by atoms with Crippen LogP contribution in [0, 0.1) is 0 Å². The Morgan fingerprint density at radius 3 is 2.56 bits per heavy atom. The first-order chi connectivity index (χ1) is 11.7. The number of nitrogens with one attached hydrogen (secondary N) is 1. The van der Waals surface area contributed by atoms with Crippen molar-refractivity contribution in [2.45, 2.75) is 32.4 Å². The summed E-state index contributed by atoms with van der Waals surface area (Å²) in [7, 11) is 1.61. The van der Waals surface area contributed by atoms with E-state index in [1.807, 2.05) is 18.2 Å². The van der Waals surface area contributed by atoms with Gasteiger partial charge in [-0.3, -0.25) is 9.80 Å². The van der Waals surface area contributed by atoms with E-state index < -0.39 is 29.7 Å². The van der Waals surface area contributed by atoms with Gasteiger partial charge in [0.2, 0.25) is 0 Å². The SMILES string of the molecule is CN(C(=O)NC[C@H]1C(=O)OCN1C(=O)OC(C)(C)C)c1ccccc1. The van der Waals surface area contributed by atoms with Crippen molar-refractivity contribution in [2.24, 2.45) is 0 Å². The number of ether oxygens (including phenoxy) is 2. The fourth-order valence-corrected chi connectivity index (χ4v) is 2.21. The quantitative estimate of drug-likeness (QED) is 0.843. The van der Waals surface area contributed by atoms with Crippen molar-refractivity contribution < 1.29 is 23.9 Å². The highest BCUT2D eigenvalue weighted by Gasteiger charge is 2.40. The molecule has 0 saturated carbocycles. The molecule has 25 heavy (non-hydrogen) atoms. The lowest BCUT2D eigenvalue weighted by molar-refractivity contribution is -0.139. The second-order valence-corrected chi connectivity index (χ2v) is 6.64. The number of hydrogen-bond donors (Lipinski definition) is 1. The van der Waals surface area contributed by atoms with E-state index >= 15 is 0 Å². The molecule has 3 amide bonds. The summed E-state index contributed by atoms with van der Waals surface area (Å²) < 4.78 is 10.2. The number of amides is 3. The molecule has 0 bridgehead atoms. The summed E-state index contributed by atoms with van der Waals surface area (Å²) in [5.74, 6) is -0.575. The largest absolute Gasteiger partial charge is 0.444 e. The van der Waals surface area contributed by atoms with E-state index in [-0.39, 0.29) is 13.3 Å². The van der Waals surface area contributed by atoms with Crippen molar-refractivity contribution in [3.63, 3.8) is 0 Å². The molecule has 1 saturated heterocycles. The van der Waals surface area contributed by atoms with Crippen molar-refractivity contribution in [2.75, 3.05) is 25.2 Å². The Hall–Kier alpha value is -2.77. The maximum Gasteiger partial charge on any atom is 0.413 e. The molecule has 1 aromatic rings. The molecule has 1 N–H and O–H groups in total. The summed E-state index contributed by atoms with van der Waals surface area (Å²) in [6.07, 6.45) is -0.658. The number of anilines is 1. The standard InChI is InChI=1S/C17H23N3O5/c1-17(2,3)25-16(23)20-11-24-14(21)13(20)10-18-15(22)19(4)12-8-6-5-7-9-12/h5-9,13H,10-11H2,1-4H3,(H,18,22)/t13-/m0/s1. The number of esters is 1. The van der Waals surface area contributed by atoms with Crippen LogP contribution in [0.4, 0.5) is 15.3 Å². The summed E-state index contributed by atoms with van der Waals surface area (Å²) in [5.41, 5.74) is 0.0160. The smallest absolute Gasteiger partial charge is 0.413 e. The Morgan fingerprint density at radius 1 is 1.32 bits per heavy atom. The molecule has 0 aliphatic carbocycles. The molecule has 0 unspecified atom stereocenters. The van der Waals surface area contributed by atoms with Gasteiger partial charge in [0.25, 0.3) is 0 Å². The summed E-state index contributed by atoms with van der Waals surface area (Å²) in [6, 6.07) is 7.75. The number of benzene rings is 1. The third kappa shape index (κ3) is 4.85. The lowest BCUT2D eigenvalue weighted by Crippen LogP contribution is -2.49. The zero-order valence-corrected chi connectivity index (χ0v) is 14.8. The first-order valence-corrected chi connectivity index (χ1v) is 7.92. The molecule has 0 spiro atoms. The van der Waals surface area contributed by atoms with E-state index in [1.54, 1.807) is 40.0 Å². The molecule has 8 heteroatoms. The van der Waals surface area contributed by atoms with Gasteiger partial charge < -0.3 is 14.8 Å². The Kier molecular flexibility index (Phi) is 5.51. The second-order valence-electron chi connectivity index (χ2n) is 6.64. The Balaban J connectivity index is 1.96. The van der Waals surface area contributed by atoms with E-state index in [2.05, 4.69) is 5.32 Å². The van der Waals surface area contributed by atoms with Gasteiger partial charge in [-0.25, -0.2) is 14.4 Å². The minimum absolute atomic E-state index is 0.0614. The monoisotopic (exact) mass is 349 g/mol. The molecule has 1 aliphatic heterocycles. The van der Waals surface area contributed by atoms with Crippen molar-refractivity contribution in [3.05, 3.63) is 30.3 Å². The number of hydrogen-bond acceptors (Lipinski definition) is 5. The first-order valence-electron chi connectivity index (χ1n) is 7.92. The van der Waals surface area contributed by atoms with Crippen LogP contribution in [0.2, 0.25) is 0 Å². The van der Waals surface area contributed by atoms with Crippen LogP contribution in [-0.2, 0) is 14.3 Å². The van der Waals surface area contributed by atoms with E-state index in [4.69, 9.17) is 9.47 Å². The molecule has 1 fully saturated rings. The highest BCUT2D eigenvalue weighted by Crippen LogP contribution is 2.17. The van der Waals surface area contributed by atoms with E-state index in [1.165, 1.54) is 4.90 Å². The van der Waals surface area contributed by atoms with Crippen LogP contribution in [0.15, 0.2) is 30.3 Å². The number of para-hydroxylation sites is 1. The van der Waals surface area contributed by atoms with Gasteiger partial charge in [-0.15, -0.1) is 0 Å². The van der Waals surface area contributed by atoms with Gasteiger partial charge >= 0.3 is 18.1 Å². The van der Waals surface area contributed by atoms with Crippen LogP contribution >= 0.6 is 0 Å². The van der Waals surface area contributed by atoms with Gasteiger partial charge in [-0.05, 0) is 32.9 Å². The Bertz CT molecular complexity index is 641. The van der Waals surface area contributed by atoms with Crippen LogP contribution in [-0.4, -0.2) is 55.0 Å². The van der Waals surface area contributed by atoms with Crippen molar-refractivity contribution >= 4 is 23.8 Å². The van der Waals surface area contributed by atoms with Crippen molar-refractivity contribution in [3.8, 4) is 0 Å². The molecule has 0 radical (unpaired) electrons. The van der Waals surface area contributed by atoms with Gasteiger partial charge in [-0.1, -0.05) is 18.2 Å². The Morgan fingerprint density at radius 2 is 1.96 bits per heavy atom. The van der Waals surface area contributed by atoms with Crippen LogP contribution in [0.3, 0.4) is 0 Å². The number of urea groups is 1. The molecule has 8 nitrogen and oxygen atoms in total. The van der Waals surface area contributed by atoms with Gasteiger partial charge in [0, 0.05) is 12.7 Å². The minimum atomic E-state index is -0.914. The fourth-order valence-electron chi connectivity index (χ4n) is 2.21. The highest BCUT2D eigenvalue weighted by molar-refractivity contribution is 5.92. The summed E-state index contributed by atoms with van der Waals surface area (Å²) in [6.45, 7) is 4.94. The van der Waals surface area contributed by atoms with Gasteiger partial charge in [0.05, 0.1) is 6.54 Å². The summed E-state index contributed by atoms with van der Waals surface area (Å²) in [4.78, 5) is 38.9. The molecule has 2 rings (SSSR count). The molecular weight excluding hydrogens is 326 g/mol. The third-order valence-corrected chi connectivity index (χ3v) is 3.52. The highest BCUT2D eigenvalue weighted by atomic mass is 16.6. The topological polar surface area (TPSA) is 88.2 Å². The number of nitrogens with zero attached hydrogens (tertiary/aromatic N) is 2. The molecular formula is C17H23N3O5. The number of cyclic esters (lactones) is 1. The van der Waals surface area contributed by atoms with E-state index in [9.17, 15) is 14.4 Å². The zero-order chi connectivity index (χ0) is 18.6. The normalized spacial score (nSPS) is 17.0. The number of carbonyl (C=O) groups excluding carboxylic acids is 3. The molecule has 0 aromatic heterocycles. The van der Waals surface area contributed by atoms with Crippen LogP contribution in [0.25, 0.3) is 0 Å². The second kappa shape index (κ2) is 7.42. The number of rotatable bonds is 3. The molecule has 1 atom stereocenters. The average Bonchev–Trinajstić information content (AvgIpc) is 2.92. The number of carbonyl (C=O) groups is 3. The zero-order valence-electron chi connectivity index (χ0n) is 14.8. The van der Waals surface area contributed by atoms with Gasteiger partial charge in [-0.2, -0.15) is 0 Å². The third-order valence-electron chi connectivity index (χ3n) is 3.52. The molecule has 1 heterocycles. The van der Waals surface area contributed by atoms with E-state index in [0.29, 0.717) is 5.69 Å². The lowest BCUT2D eigenvalue weighted by Gasteiger charge is -2.26. The first kappa shape index (κ1) is 18.6. The van der Waals surface area contributed by atoms with E-state index in [0.717, 1.165) is 4.90 Å². The van der Waals surface area contributed by atoms with Gasteiger partial charge in [0.15, 0.2) is 12.8 Å². The Labute approximate surface area is 146 Å². The average molecular weight is 349 g/mol. The maximum absolute atomic E-state index is 12.2. The van der Waals surface area contributed by atoms with Crippen LogP contribution in [0.5, 0.6) is 0 Å². The molecule has 1 aromatic carbocycles. The summed E-state index contributed by atoms with van der Waals surface area (Å²) in [5, 5.41) is 2.64. The summed E-state index contributed by atoms with van der Waals surface area (Å²) >= 11 is 0. The molecule has 1 aliphatic rings. The maximum atomic E-state index is 12.2. The van der Waals surface area contributed by atoms with Gasteiger partial charge in [0.1, 0.15) is 5.60 Å². The minimum Gasteiger partial charge on any atom is -0.444 e. The van der Waals surface area contributed by atoms with Crippen molar-refractivity contribution in [1.82, 2.24) is 10.2 Å². The van der Waals surface area contributed by atoms with Crippen LogP contribution < -0.4 is 10.2 Å².